The molecular weight excluding hydrogens is 268 g/mol. The van der Waals surface area contributed by atoms with Crippen molar-refractivity contribution in [3.8, 4) is 0 Å². The molecule has 0 aromatic carbocycles. The van der Waals surface area contributed by atoms with E-state index in [-0.39, 0.29) is 17.9 Å². The lowest BCUT2D eigenvalue weighted by Crippen LogP contribution is -2.45. The van der Waals surface area contributed by atoms with Gasteiger partial charge < -0.3 is 15.2 Å². The highest BCUT2D eigenvalue weighted by Gasteiger charge is 2.19. The summed E-state index contributed by atoms with van der Waals surface area (Å²) in [5.41, 5.74) is 1.87. The van der Waals surface area contributed by atoms with Crippen molar-refractivity contribution in [2.45, 2.75) is 38.6 Å². The van der Waals surface area contributed by atoms with Crippen molar-refractivity contribution in [1.82, 2.24) is 20.8 Å². The van der Waals surface area contributed by atoms with Crippen LogP contribution < -0.4 is 10.6 Å². The lowest BCUT2D eigenvalue weighted by atomic mass is 10.1. The second-order valence-corrected chi connectivity index (χ2v) is 5.82. The van der Waals surface area contributed by atoms with Crippen LogP contribution in [0.1, 0.15) is 48.7 Å². The number of hydrogen-bond acceptors (Lipinski definition) is 5. The Kier molecular flexibility index (Phi) is 3.88. The summed E-state index contributed by atoms with van der Waals surface area (Å²) in [6.45, 7) is 5.93. The number of piperidine rings is 1. The quantitative estimate of drug-likeness (QED) is 0.900. The van der Waals surface area contributed by atoms with Gasteiger partial charge in [-0.15, -0.1) is 0 Å². The standard InChI is InChI=1S/C15H20N4O2/c1-9(2)13-12-6-10(7-17-15(12)21-19-13)14(20)18-11-4-3-5-16-8-11/h6-7,9,11,16H,3-5,8H2,1-2H3,(H,18,20)/t11-/m0/s1. The minimum atomic E-state index is -0.0889. The third-order valence-corrected chi connectivity index (χ3v) is 3.80. The molecule has 1 aliphatic rings. The number of nitrogens with zero attached hydrogens (tertiary/aromatic N) is 2. The van der Waals surface area contributed by atoms with Crippen LogP contribution in [0.2, 0.25) is 0 Å². The molecule has 0 saturated carbocycles. The molecule has 0 bridgehead atoms. The maximum absolute atomic E-state index is 12.3. The van der Waals surface area contributed by atoms with Crippen molar-refractivity contribution in [2.75, 3.05) is 13.1 Å². The van der Waals surface area contributed by atoms with Gasteiger partial charge in [0.05, 0.1) is 16.6 Å². The van der Waals surface area contributed by atoms with E-state index in [1.807, 2.05) is 19.9 Å². The van der Waals surface area contributed by atoms with Crippen LogP contribution in [0.5, 0.6) is 0 Å². The summed E-state index contributed by atoms with van der Waals surface area (Å²) in [7, 11) is 0. The summed E-state index contributed by atoms with van der Waals surface area (Å²) < 4.78 is 5.19. The maximum Gasteiger partial charge on any atom is 0.257 e. The van der Waals surface area contributed by atoms with Crippen molar-refractivity contribution in [3.63, 3.8) is 0 Å². The largest absolute Gasteiger partial charge is 0.348 e. The minimum absolute atomic E-state index is 0.0889. The Hall–Kier alpha value is -1.95. The average Bonchev–Trinajstić information content (AvgIpc) is 2.91. The molecule has 0 spiro atoms. The molecule has 0 radical (unpaired) electrons. The van der Waals surface area contributed by atoms with Gasteiger partial charge in [0.25, 0.3) is 11.6 Å². The van der Waals surface area contributed by atoms with Crippen LogP contribution in [0.15, 0.2) is 16.8 Å². The fraction of sp³-hybridized carbons (Fsp3) is 0.533. The summed E-state index contributed by atoms with van der Waals surface area (Å²) in [6.07, 6.45) is 3.65. The normalized spacial score (nSPS) is 19.1. The van der Waals surface area contributed by atoms with E-state index in [9.17, 15) is 4.79 Å². The molecule has 21 heavy (non-hydrogen) atoms. The average molecular weight is 288 g/mol. The topological polar surface area (TPSA) is 80.0 Å². The Morgan fingerprint density at radius 3 is 3.10 bits per heavy atom. The summed E-state index contributed by atoms with van der Waals surface area (Å²) in [5.74, 6) is 0.142. The third-order valence-electron chi connectivity index (χ3n) is 3.80. The second-order valence-electron chi connectivity index (χ2n) is 5.82. The number of carbonyl (C=O) groups is 1. The smallest absolute Gasteiger partial charge is 0.257 e. The monoisotopic (exact) mass is 288 g/mol. The van der Waals surface area contributed by atoms with Gasteiger partial charge in [0, 0.05) is 18.8 Å². The highest BCUT2D eigenvalue weighted by Crippen LogP contribution is 2.24. The van der Waals surface area contributed by atoms with E-state index in [4.69, 9.17) is 4.52 Å². The van der Waals surface area contributed by atoms with Crippen molar-refractivity contribution < 1.29 is 9.32 Å². The SMILES string of the molecule is CC(C)c1noc2ncc(C(=O)N[C@H]3CCCNC3)cc12. The van der Waals surface area contributed by atoms with Gasteiger partial charge in [-0.25, -0.2) is 4.98 Å². The van der Waals surface area contributed by atoms with Crippen LogP contribution in [0.3, 0.4) is 0 Å². The zero-order valence-electron chi connectivity index (χ0n) is 12.3. The molecular formula is C15H20N4O2. The fourth-order valence-electron chi connectivity index (χ4n) is 2.63. The summed E-state index contributed by atoms with van der Waals surface area (Å²) in [4.78, 5) is 16.5. The molecule has 1 atom stereocenters. The predicted octanol–water partition coefficient (Wildman–Crippen LogP) is 1.83. The van der Waals surface area contributed by atoms with Crippen molar-refractivity contribution >= 4 is 17.0 Å². The van der Waals surface area contributed by atoms with Gasteiger partial charge in [0.1, 0.15) is 0 Å². The predicted molar refractivity (Wildman–Crippen MR) is 79.3 cm³/mol. The first-order valence-corrected chi connectivity index (χ1v) is 7.42. The number of amides is 1. The zero-order chi connectivity index (χ0) is 14.8. The number of aromatic nitrogens is 2. The number of carbonyl (C=O) groups excluding carboxylic acids is 1. The van der Waals surface area contributed by atoms with E-state index in [1.54, 1.807) is 6.20 Å². The third kappa shape index (κ3) is 2.90. The van der Waals surface area contributed by atoms with E-state index in [1.165, 1.54) is 0 Å². The van der Waals surface area contributed by atoms with Crippen LogP contribution in [-0.2, 0) is 0 Å². The summed E-state index contributed by atoms with van der Waals surface area (Å²) >= 11 is 0. The molecule has 6 heteroatoms. The van der Waals surface area contributed by atoms with Crippen LogP contribution >= 0.6 is 0 Å². The van der Waals surface area contributed by atoms with Crippen LogP contribution in [0.4, 0.5) is 0 Å². The van der Waals surface area contributed by atoms with Crippen LogP contribution in [0, 0.1) is 0 Å². The first kappa shape index (κ1) is 14.0. The van der Waals surface area contributed by atoms with Crippen LogP contribution in [-0.4, -0.2) is 35.2 Å². The highest BCUT2D eigenvalue weighted by atomic mass is 16.5. The van der Waals surface area contributed by atoms with Gasteiger partial charge in [-0.2, -0.15) is 0 Å². The van der Waals surface area contributed by atoms with Gasteiger partial charge in [-0.1, -0.05) is 19.0 Å². The van der Waals surface area contributed by atoms with Crippen LogP contribution in [0.25, 0.3) is 11.1 Å². The Bertz CT molecular complexity index is 644. The molecule has 6 nitrogen and oxygen atoms in total. The number of rotatable bonds is 3. The molecule has 112 valence electrons. The Morgan fingerprint density at radius 1 is 1.52 bits per heavy atom. The molecule has 2 N–H and O–H groups in total. The maximum atomic E-state index is 12.3. The second kappa shape index (κ2) is 5.81. The van der Waals surface area contributed by atoms with E-state index in [0.29, 0.717) is 11.3 Å². The summed E-state index contributed by atoms with van der Waals surface area (Å²) in [6, 6.07) is 2.01. The Balaban J connectivity index is 1.82. The molecule has 1 saturated heterocycles. The zero-order valence-corrected chi connectivity index (χ0v) is 12.3. The van der Waals surface area contributed by atoms with E-state index >= 15 is 0 Å². The lowest BCUT2D eigenvalue weighted by Gasteiger charge is -2.23. The minimum Gasteiger partial charge on any atom is -0.348 e. The van der Waals surface area contributed by atoms with E-state index < -0.39 is 0 Å². The summed E-state index contributed by atoms with van der Waals surface area (Å²) in [5, 5.41) is 11.2. The first-order valence-electron chi connectivity index (χ1n) is 7.42. The number of pyridine rings is 1. The van der Waals surface area contributed by atoms with E-state index in [2.05, 4.69) is 20.8 Å². The van der Waals surface area contributed by atoms with Gasteiger partial charge >= 0.3 is 0 Å². The first-order chi connectivity index (χ1) is 10.1. The molecule has 3 rings (SSSR count). The highest BCUT2D eigenvalue weighted by molar-refractivity contribution is 5.97. The molecule has 2 aromatic rings. The molecule has 2 aromatic heterocycles. The fourth-order valence-corrected chi connectivity index (χ4v) is 2.63. The molecule has 3 heterocycles. The van der Waals surface area contributed by atoms with E-state index in [0.717, 1.165) is 37.0 Å². The number of hydrogen-bond donors (Lipinski definition) is 2. The van der Waals surface area contributed by atoms with Crippen molar-refractivity contribution in [1.29, 1.82) is 0 Å². The van der Waals surface area contributed by atoms with Gasteiger partial charge in [-0.3, -0.25) is 4.79 Å². The Morgan fingerprint density at radius 2 is 2.38 bits per heavy atom. The van der Waals surface area contributed by atoms with Crippen molar-refractivity contribution in [3.05, 3.63) is 23.5 Å². The van der Waals surface area contributed by atoms with Crippen molar-refractivity contribution in [2.24, 2.45) is 0 Å². The Labute approximate surface area is 123 Å². The van der Waals surface area contributed by atoms with Gasteiger partial charge in [0.2, 0.25) is 0 Å². The molecule has 1 fully saturated rings. The molecule has 1 amide bonds. The van der Waals surface area contributed by atoms with Gasteiger partial charge in [-0.05, 0) is 31.4 Å². The number of nitrogens with one attached hydrogen (secondary N) is 2. The molecule has 0 unspecified atom stereocenters. The lowest BCUT2D eigenvalue weighted by molar-refractivity contribution is 0.0930. The number of fused-ring (bicyclic) bond motifs is 1. The molecule has 0 aliphatic carbocycles. The van der Waals surface area contributed by atoms with Gasteiger partial charge in [0.15, 0.2) is 0 Å². The molecule has 1 aliphatic heterocycles.